The molecule has 1 N–H and O–H groups in total. The van der Waals surface area contributed by atoms with Crippen LogP contribution in [0.2, 0.25) is 0 Å². The monoisotopic (exact) mass is 351 g/mol. The van der Waals surface area contributed by atoms with Crippen molar-refractivity contribution in [2.45, 2.75) is 38.4 Å². The Morgan fingerprint density at radius 1 is 1.29 bits per heavy atom. The molecule has 3 nitrogen and oxygen atoms in total. The number of nitrogens with zero attached hydrogens (tertiary/aromatic N) is 2. The molecule has 116 valence electrons. The van der Waals surface area contributed by atoms with Gasteiger partial charge in [-0.2, -0.15) is 0 Å². The molecule has 0 bridgehead atoms. The Bertz CT molecular complexity index is 499. The molecule has 0 radical (unpaired) electrons. The van der Waals surface area contributed by atoms with Crippen LogP contribution in [0.5, 0.6) is 0 Å². The summed E-state index contributed by atoms with van der Waals surface area (Å²) in [6, 6.07) is 8.12. The van der Waals surface area contributed by atoms with Crippen molar-refractivity contribution >= 4 is 21.6 Å². The zero-order valence-corrected chi connectivity index (χ0v) is 14.9. The number of rotatable bonds is 5. The van der Waals surface area contributed by atoms with E-state index >= 15 is 0 Å². The normalized spacial score (nSPS) is 25.9. The number of halogens is 1. The first-order valence-electron chi connectivity index (χ1n) is 7.98. The molecule has 1 heterocycles. The predicted octanol–water partition coefficient (Wildman–Crippen LogP) is 3.09. The molecule has 3 rings (SSSR count). The lowest BCUT2D eigenvalue weighted by atomic mass is 10.1. The molecule has 1 saturated heterocycles. The fraction of sp³-hybridized carbons (Fsp3) is 0.647. The van der Waals surface area contributed by atoms with Crippen molar-refractivity contribution in [1.29, 1.82) is 0 Å². The number of nitrogens with one attached hydrogen (secondary N) is 1. The van der Waals surface area contributed by atoms with E-state index in [9.17, 15) is 0 Å². The maximum atomic E-state index is 3.65. The van der Waals surface area contributed by atoms with Crippen LogP contribution in [0.15, 0.2) is 22.7 Å². The van der Waals surface area contributed by atoms with Gasteiger partial charge in [-0.15, -0.1) is 0 Å². The summed E-state index contributed by atoms with van der Waals surface area (Å²) in [6.07, 6.45) is 2.69. The summed E-state index contributed by atoms with van der Waals surface area (Å²) in [4.78, 5) is 4.93. The zero-order valence-electron chi connectivity index (χ0n) is 13.3. The molecule has 4 heteroatoms. The van der Waals surface area contributed by atoms with Gasteiger partial charge in [0.05, 0.1) is 0 Å². The fourth-order valence-electron chi connectivity index (χ4n) is 3.34. The third-order valence-electron chi connectivity index (χ3n) is 4.78. The second-order valence-electron chi connectivity index (χ2n) is 6.84. The van der Waals surface area contributed by atoms with E-state index in [1.54, 1.807) is 0 Å². The highest BCUT2D eigenvalue weighted by Gasteiger charge is 2.32. The van der Waals surface area contributed by atoms with Crippen molar-refractivity contribution in [2.24, 2.45) is 5.92 Å². The Labute approximate surface area is 136 Å². The van der Waals surface area contributed by atoms with Gasteiger partial charge in [0, 0.05) is 41.9 Å². The summed E-state index contributed by atoms with van der Waals surface area (Å²) in [7, 11) is 4.39. The third-order valence-corrected chi connectivity index (χ3v) is 5.28. The lowest BCUT2D eigenvalue weighted by Crippen LogP contribution is -2.34. The van der Waals surface area contributed by atoms with E-state index in [4.69, 9.17) is 0 Å². The molecule has 1 aliphatic heterocycles. The molecule has 2 fully saturated rings. The molecule has 0 spiro atoms. The van der Waals surface area contributed by atoms with Crippen LogP contribution >= 0.6 is 15.9 Å². The molecule has 1 aromatic carbocycles. The van der Waals surface area contributed by atoms with Crippen LogP contribution in [0.25, 0.3) is 0 Å². The molecule has 2 aliphatic rings. The van der Waals surface area contributed by atoms with Gasteiger partial charge in [-0.25, -0.2) is 0 Å². The van der Waals surface area contributed by atoms with Gasteiger partial charge in [-0.3, -0.25) is 0 Å². The minimum atomic E-state index is 0.647. The van der Waals surface area contributed by atoms with Crippen LogP contribution < -0.4 is 10.2 Å². The van der Waals surface area contributed by atoms with Crippen LogP contribution in [-0.4, -0.2) is 44.2 Å². The van der Waals surface area contributed by atoms with Gasteiger partial charge in [0.1, 0.15) is 0 Å². The highest BCUT2D eigenvalue weighted by atomic mass is 79.9. The Kier molecular flexibility index (Phi) is 4.57. The van der Waals surface area contributed by atoms with Crippen molar-refractivity contribution in [2.75, 3.05) is 32.1 Å². The summed E-state index contributed by atoms with van der Waals surface area (Å²) in [6.45, 7) is 5.63. The Morgan fingerprint density at radius 2 is 2.05 bits per heavy atom. The number of likely N-dealkylation sites (N-methyl/N-ethyl adjacent to an activating group) is 1. The minimum absolute atomic E-state index is 0.647. The maximum Gasteiger partial charge on any atom is 0.0423 e. The standard InChI is InChI=1S/C17H26BrN3/c1-12-10-21(11-17(12)20(2)3)16-8-14(18)5-4-13(16)9-19-15-6-7-15/h4-5,8,12,15,17,19H,6-7,9-11H2,1-3H3. The van der Waals surface area contributed by atoms with Gasteiger partial charge in [-0.1, -0.05) is 28.9 Å². The van der Waals surface area contributed by atoms with E-state index in [0.29, 0.717) is 12.0 Å². The number of benzene rings is 1. The van der Waals surface area contributed by atoms with Gasteiger partial charge in [-0.05, 0) is 50.6 Å². The summed E-state index contributed by atoms with van der Waals surface area (Å²) < 4.78 is 1.17. The Balaban J connectivity index is 1.78. The largest absolute Gasteiger partial charge is 0.369 e. The predicted molar refractivity (Wildman–Crippen MR) is 92.9 cm³/mol. The molecule has 1 aromatic rings. The van der Waals surface area contributed by atoms with Gasteiger partial charge < -0.3 is 15.1 Å². The summed E-state index contributed by atoms with van der Waals surface area (Å²) in [5, 5.41) is 3.65. The summed E-state index contributed by atoms with van der Waals surface area (Å²) >= 11 is 3.64. The molecule has 0 aromatic heterocycles. The Hall–Kier alpha value is -0.580. The number of hydrogen-bond acceptors (Lipinski definition) is 3. The van der Waals surface area contributed by atoms with Crippen molar-refractivity contribution in [3.8, 4) is 0 Å². The second kappa shape index (κ2) is 6.27. The molecule has 2 atom stereocenters. The topological polar surface area (TPSA) is 18.5 Å². The van der Waals surface area contributed by atoms with E-state index in [1.807, 2.05) is 0 Å². The SMILES string of the molecule is CC1CN(c2cc(Br)ccc2CNC2CC2)CC1N(C)C. The fourth-order valence-corrected chi connectivity index (χ4v) is 3.69. The van der Waals surface area contributed by atoms with E-state index in [2.05, 4.69) is 70.3 Å². The molecule has 1 aliphatic carbocycles. The highest BCUT2D eigenvalue weighted by molar-refractivity contribution is 9.10. The first kappa shape index (κ1) is 15.3. The van der Waals surface area contributed by atoms with Gasteiger partial charge in [0.25, 0.3) is 0 Å². The van der Waals surface area contributed by atoms with Crippen molar-refractivity contribution in [3.63, 3.8) is 0 Å². The van der Waals surface area contributed by atoms with E-state index in [-0.39, 0.29) is 0 Å². The first-order valence-corrected chi connectivity index (χ1v) is 8.77. The summed E-state index contributed by atoms with van der Waals surface area (Å²) in [5.74, 6) is 0.711. The third kappa shape index (κ3) is 3.61. The molecule has 2 unspecified atom stereocenters. The Morgan fingerprint density at radius 3 is 2.67 bits per heavy atom. The average Bonchev–Trinajstić information content (AvgIpc) is 3.18. The quantitative estimate of drug-likeness (QED) is 0.879. The summed E-state index contributed by atoms with van der Waals surface area (Å²) in [5.41, 5.74) is 2.82. The average molecular weight is 352 g/mol. The van der Waals surface area contributed by atoms with Crippen molar-refractivity contribution < 1.29 is 0 Å². The van der Waals surface area contributed by atoms with Crippen molar-refractivity contribution in [3.05, 3.63) is 28.2 Å². The molecule has 21 heavy (non-hydrogen) atoms. The van der Waals surface area contributed by atoms with E-state index in [1.165, 1.54) is 28.6 Å². The molecule has 0 amide bonds. The molecular weight excluding hydrogens is 326 g/mol. The lowest BCUT2D eigenvalue weighted by molar-refractivity contribution is 0.266. The van der Waals surface area contributed by atoms with E-state index in [0.717, 1.165) is 25.7 Å². The van der Waals surface area contributed by atoms with Crippen LogP contribution in [0.4, 0.5) is 5.69 Å². The highest BCUT2D eigenvalue weighted by Crippen LogP contribution is 2.31. The minimum Gasteiger partial charge on any atom is -0.369 e. The number of hydrogen-bond donors (Lipinski definition) is 1. The lowest BCUT2D eigenvalue weighted by Gasteiger charge is -2.24. The molecule has 1 saturated carbocycles. The van der Waals surface area contributed by atoms with Gasteiger partial charge in [0.2, 0.25) is 0 Å². The zero-order chi connectivity index (χ0) is 15.0. The molecular formula is C17H26BrN3. The van der Waals surface area contributed by atoms with Crippen LogP contribution in [0.1, 0.15) is 25.3 Å². The van der Waals surface area contributed by atoms with Gasteiger partial charge in [0.15, 0.2) is 0 Å². The number of anilines is 1. The maximum absolute atomic E-state index is 3.65. The van der Waals surface area contributed by atoms with Crippen molar-refractivity contribution in [1.82, 2.24) is 10.2 Å². The van der Waals surface area contributed by atoms with Crippen LogP contribution in [0, 0.1) is 5.92 Å². The van der Waals surface area contributed by atoms with Gasteiger partial charge >= 0.3 is 0 Å². The van der Waals surface area contributed by atoms with Crippen LogP contribution in [-0.2, 0) is 6.54 Å². The second-order valence-corrected chi connectivity index (χ2v) is 7.76. The smallest absolute Gasteiger partial charge is 0.0423 e. The van der Waals surface area contributed by atoms with E-state index < -0.39 is 0 Å². The van der Waals surface area contributed by atoms with Crippen LogP contribution in [0.3, 0.4) is 0 Å². The first-order chi connectivity index (χ1) is 10.0.